The summed E-state index contributed by atoms with van der Waals surface area (Å²) in [5, 5.41) is 16.5. The minimum absolute atomic E-state index is 0.515. The number of hydrogen-bond donors (Lipinski definition) is 4. The summed E-state index contributed by atoms with van der Waals surface area (Å²) >= 11 is 0. The van der Waals surface area contributed by atoms with Crippen molar-refractivity contribution in [2.45, 2.75) is 93.4 Å². The van der Waals surface area contributed by atoms with E-state index in [-0.39, 0.29) is 0 Å². The molecule has 7 rings (SSSR count). The van der Waals surface area contributed by atoms with Gasteiger partial charge in [-0.2, -0.15) is 10.2 Å². The van der Waals surface area contributed by atoms with Crippen LogP contribution < -0.4 is 22.1 Å². The Labute approximate surface area is 360 Å². The van der Waals surface area contributed by atoms with E-state index in [1.54, 1.807) is 0 Å². The number of benzene rings is 2. The zero-order valence-electron chi connectivity index (χ0n) is 37.0. The molecule has 61 heavy (non-hydrogen) atoms. The Balaban J connectivity index is 1.29. The molecule has 0 amide bonds. The second-order valence-electron chi connectivity index (χ2n) is 16.5. The highest BCUT2D eigenvalue weighted by molar-refractivity contribution is 5.89. The lowest BCUT2D eigenvalue weighted by atomic mass is 10.0. The lowest BCUT2D eigenvalue weighted by Gasteiger charge is -2.17. The van der Waals surface area contributed by atoms with Gasteiger partial charge in [0.2, 0.25) is 11.9 Å². The summed E-state index contributed by atoms with van der Waals surface area (Å²) in [6.45, 7) is 35.4. The number of allylic oxidation sites excluding steroid dienone is 2. The first-order valence-corrected chi connectivity index (χ1v) is 21.6. The Kier molecular flexibility index (Phi) is 12.7. The van der Waals surface area contributed by atoms with Gasteiger partial charge in [0.25, 0.3) is 0 Å². The summed E-state index contributed by atoms with van der Waals surface area (Å²) in [6, 6.07) is 12.5. The molecule has 320 valence electrons. The Hall–Kier alpha value is -6.34. The molecule has 13 heteroatoms. The summed E-state index contributed by atoms with van der Waals surface area (Å²) in [4.78, 5) is 12.9. The van der Waals surface area contributed by atoms with Crippen molar-refractivity contribution in [2.24, 2.45) is 17.4 Å². The number of fused-ring (bicyclic) bond motifs is 2. The van der Waals surface area contributed by atoms with Crippen LogP contribution in [-0.4, -0.2) is 63.2 Å². The molecule has 1 aliphatic rings. The zero-order valence-corrected chi connectivity index (χ0v) is 37.0. The Morgan fingerprint density at radius 3 is 1.61 bits per heavy atom. The maximum Gasteiger partial charge on any atom is 0.208 e. The lowest BCUT2D eigenvalue weighted by Crippen LogP contribution is -2.23. The maximum atomic E-state index is 6.35. The molecule has 0 aliphatic carbocycles. The summed E-state index contributed by atoms with van der Waals surface area (Å²) in [7, 11) is 0. The first-order chi connectivity index (χ1) is 29.3. The van der Waals surface area contributed by atoms with Crippen molar-refractivity contribution in [2.75, 3.05) is 30.3 Å². The second-order valence-corrected chi connectivity index (χ2v) is 16.5. The monoisotopic (exact) mass is 822 g/mol. The number of nitrogens with two attached hydrogens (primary N) is 2. The molecule has 0 radical (unpaired) electrons. The number of nitrogens with one attached hydrogen (secondary N) is 2. The quantitative estimate of drug-likeness (QED) is 0.0590. The van der Waals surface area contributed by atoms with Gasteiger partial charge in [0.1, 0.15) is 0 Å². The zero-order chi connectivity index (χ0) is 43.5. The molecule has 13 nitrogen and oxygen atoms in total. The van der Waals surface area contributed by atoms with Crippen LogP contribution >= 0.6 is 0 Å². The topological polar surface area (TPSA) is 151 Å². The molecule has 1 saturated heterocycles. The molecule has 2 aromatic carbocycles. The third-order valence-corrected chi connectivity index (χ3v) is 11.6. The molecule has 1 aliphatic heterocycles. The van der Waals surface area contributed by atoms with E-state index in [1.807, 2.05) is 41.4 Å². The van der Waals surface area contributed by atoms with Crippen LogP contribution in [-0.2, 0) is 39.0 Å². The fourth-order valence-corrected chi connectivity index (χ4v) is 8.60. The highest BCUT2D eigenvalue weighted by Crippen LogP contribution is 2.32. The van der Waals surface area contributed by atoms with E-state index in [2.05, 4.69) is 119 Å². The average Bonchev–Trinajstić information content (AvgIpc) is 4.05. The number of imidazole rings is 2. The second kappa shape index (κ2) is 18.1. The fourth-order valence-electron chi connectivity index (χ4n) is 8.60. The van der Waals surface area contributed by atoms with Crippen LogP contribution in [0.25, 0.3) is 44.9 Å². The van der Waals surface area contributed by atoms with E-state index in [0.717, 1.165) is 125 Å². The molecule has 6 N–H and O–H groups in total. The van der Waals surface area contributed by atoms with E-state index in [4.69, 9.17) is 21.4 Å². The van der Waals surface area contributed by atoms with Crippen LogP contribution in [0.15, 0.2) is 74.9 Å². The highest BCUT2D eigenvalue weighted by Gasteiger charge is 2.22. The molecular formula is C48H63N13. The Morgan fingerprint density at radius 1 is 0.721 bits per heavy atom. The van der Waals surface area contributed by atoms with Gasteiger partial charge in [-0.1, -0.05) is 58.7 Å². The van der Waals surface area contributed by atoms with Crippen LogP contribution in [0.2, 0.25) is 0 Å². The molecule has 6 aromatic rings. The Morgan fingerprint density at radius 2 is 1.20 bits per heavy atom. The molecule has 1 fully saturated rings. The third-order valence-electron chi connectivity index (χ3n) is 11.6. The Bertz CT molecular complexity index is 2660. The van der Waals surface area contributed by atoms with E-state index < -0.39 is 0 Å². The first-order valence-electron chi connectivity index (χ1n) is 21.6. The van der Waals surface area contributed by atoms with Crippen molar-refractivity contribution in [1.82, 2.24) is 43.6 Å². The van der Waals surface area contributed by atoms with Gasteiger partial charge in [-0.25, -0.2) is 9.97 Å². The molecule has 0 spiro atoms. The number of aryl methyl sites for hydroxylation is 5. The van der Waals surface area contributed by atoms with Gasteiger partial charge in [0.05, 0.1) is 56.2 Å². The van der Waals surface area contributed by atoms with Gasteiger partial charge >= 0.3 is 0 Å². The van der Waals surface area contributed by atoms with Gasteiger partial charge in [0, 0.05) is 50.7 Å². The van der Waals surface area contributed by atoms with Crippen molar-refractivity contribution in [1.29, 1.82) is 0 Å². The molecule has 1 atom stereocenters. The standard InChI is InChI=1S/C48H63N13/c1-11-16-37-25-39(33(7)49)27-41-45(37)58(47(53-41)51-35(9)43-23-31(5)55-60(43)12-2)19-14-15-20-59-46-38(18-22-57-21-17-30(4)29-57)26-40(34(8)50)28-42(46)54-48(59)52-36(10)44-24-32(6)56-61(44)13-3/h14-15,23-28,30H,7-13,16-22,29,49-50H2,1-6H3,(H,51,53)(H,52,54)/b15-14+. The molecule has 0 saturated carbocycles. The van der Waals surface area contributed by atoms with Crippen LogP contribution in [0.4, 0.5) is 11.9 Å². The maximum absolute atomic E-state index is 6.35. The summed E-state index contributed by atoms with van der Waals surface area (Å²) in [5.74, 6) is 2.08. The molecule has 5 heterocycles. The van der Waals surface area contributed by atoms with Crippen LogP contribution in [0.5, 0.6) is 0 Å². The summed E-state index contributed by atoms with van der Waals surface area (Å²) in [5.41, 5.74) is 26.7. The number of aromatic nitrogens is 8. The van der Waals surface area contributed by atoms with E-state index in [9.17, 15) is 0 Å². The number of rotatable bonds is 19. The van der Waals surface area contributed by atoms with Crippen molar-refractivity contribution in [3.05, 3.63) is 120 Å². The first kappa shape index (κ1) is 42.8. The fraction of sp³-hybridized carbons (Fsp3) is 0.375. The highest BCUT2D eigenvalue weighted by atomic mass is 15.3. The lowest BCUT2D eigenvalue weighted by molar-refractivity contribution is 0.332. The van der Waals surface area contributed by atoms with Gasteiger partial charge in [-0.3, -0.25) is 9.36 Å². The number of hydrogen-bond acceptors (Lipinski definition) is 9. The van der Waals surface area contributed by atoms with E-state index >= 15 is 0 Å². The largest absolute Gasteiger partial charge is 0.399 e. The normalized spacial score (nSPS) is 14.5. The van der Waals surface area contributed by atoms with Crippen molar-refractivity contribution in [3.63, 3.8) is 0 Å². The van der Waals surface area contributed by atoms with Gasteiger partial charge < -0.3 is 36.1 Å². The molecule has 0 bridgehead atoms. The summed E-state index contributed by atoms with van der Waals surface area (Å²) in [6.07, 6.45) is 8.31. The number of anilines is 2. The van der Waals surface area contributed by atoms with Crippen molar-refractivity contribution < 1.29 is 0 Å². The van der Waals surface area contributed by atoms with E-state index in [1.165, 1.54) is 12.0 Å². The predicted molar refractivity (Wildman–Crippen MR) is 254 cm³/mol. The third kappa shape index (κ3) is 9.07. The van der Waals surface area contributed by atoms with E-state index in [0.29, 0.717) is 42.3 Å². The molecule has 4 aromatic heterocycles. The van der Waals surface area contributed by atoms with Gasteiger partial charge in [0.15, 0.2) is 0 Å². The van der Waals surface area contributed by atoms with Crippen molar-refractivity contribution in [3.8, 4) is 0 Å². The summed E-state index contributed by atoms with van der Waals surface area (Å²) < 4.78 is 8.40. The minimum Gasteiger partial charge on any atom is -0.399 e. The van der Waals surface area contributed by atoms with Crippen LogP contribution in [0.1, 0.15) is 85.6 Å². The number of likely N-dealkylation sites (tertiary alicyclic amines) is 1. The molecule has 1 unspecified atom stereocenters. The predicted octanol–water partition coefficient (Wildman–Crippen LogP) is 8.55. The molecular weight excluding hydrogens is 759 g/mol. The van der Waals surface area contributed by atoms with Crippen molar-refractivity contribution >= 4 is 56.8 Å². The van der Waals surface area contributed by atoms with Gasteiger partial charge in [-0.05, 0) is 118 Å². The SMILES string of the molecule is C=C(N)c1cc(CCC)c2c(c1)nc(NC(=C)c1cc(C)nn1CC)n2C/C=C/Cn1c(NC(=C)c2cc(C)nn2CC)nc2cc(C(=C)N)cc(CCN3CCC(C)C3)c21. The smallest absolute Gasteiger partial charge is 0.208 e. The number of nitrogens with zero attached hydrogens (tertiary/aromatic N) is 9. The minimum atomic E-state index is 0.515. The average molecular weight is 822 g/mol. The van der Waals surface area contributed by atoms with Crippen LogP contribution in [0.3, 0.4) is 0 Å². The van der Waals surface area contributed by atoms with Crippen LogP contribution in [0, 0.1) is 19.8 Å². The van der Waals surface area contributed by atoms with Gasteiger partial charge in [-0.15, -0.1) is 0 Å².